The van der Waals surface area contributed by atoms with E-state index in [-0.39, 0.29) is 48.2 Å². The zero-order valence-electron chi connectivity index (χ0n) is 34.1. The van der Waals surface area contributed by atoms with Crippen molar-refractivity contribution >= 4 is 17.6 Å². The quantitative estimate of drug-likeness (QED) is 0.155. The number of hydrogen-bond acceptors (Lipinski definition) is 9. The fourth-order valence-corrected chi connectivity index (χ4v) is 9.72. The maximum atomic E-state index is 14.3. The summed E-state index contributed by atoms with van der Waals surface area (Å²) in [5.41, 5.74) is 4.06. The Labute approximate surface area is 331 Å². The Kier molecular flexibility index (Phi) is 12.7. The van der Waals surface area contributed by atoms with Crippen molar-refractivity contribution in [1.82, 2.24) is 20.6 Å². The first kappa shape index (κ1) is 41.5. The first-order chi connectivity index (χ1) is 26.6. The molecule has 1 saturated heterocycles. The van der Waals surface area contributed by atoms with Crippen molar-refractivity contribution in [3.05, 3.63) is 89.0 Å². The monoisotopic (exact) mass is 768 g/mol. The standard InChI is InChI=1S/C45H60N4O7/c1-26-37-21-34(45(37,4)5)22-38(26)47-44(54)41-40(28(3)52)39(25-50)56-49(41)23-30-15-12-16-36(42(30)55-8)32-18-31(27(2)51)19-33(20-32)43(53)46-35(24-48(6)7)17-29-13-10-9-11-14-29/h9-16,18-20,26,28,34-35,37-41,50,52H,17,21-25H2,1-8H3,(H,46,53)(H,47,54)/t26-,28-,34-,35-,37-,38-,39-,40+,41-/m0/s1. The van der Waals surface area contributed by atoms with Crippen LogP contribution >= 0.6 is 0 Å². The van der Waals surface area contributed by atoms with Crippen LogP contribution in [0.1, 0.15) is 79.3 Å². The first-order valence-electron chi connectivity index (χ1n) is 20.0. The highest BCUT2D eigenvalue weighted by Gasteiger charge is 2.57. The van der Waals surface area contributed by atoms with Crippen LogP contribution in [0.2, 0.25) is 0 Å². The number of carbonyl (C=O) groups excluding carboxylic acids is 3. The molecule has 4 N–H and O–H groups in total. The van der Waals surface area contributed by atoms with Crippen LogP contribution in [0.3, 0.4) is 0 Å². The molecule has 0 radical (unpaired) electrons. The maximum Gasteiger partial charge on any atom is 0.251 e. The lowest BCUT2D eigenvalue weighted by Crippen LogP contribution is -2.62. The molecule has 0 unspecified atom stereocenters. The lowest BCUT2D eigenvalue weighted by Gasteiger charge is -2.62. The summed E-state index contributed by atoms with van der Waals surface area (Å²) in [4.78, 5) is 49.3. The molecule has 3 aromatic rings. The van der Waals surface area contributed by atoms with Crippen LogP contribution < -0.4 is 15.4 Å². The molecule has 2 bridgehead atoms. The molecule has 56 heavy (non-hydrogen) atoms. The highest BCUT2D eigenvalue weighted by Crippen LogP contribution is 2.61. The highest BCUT2D eigenvalue weighted by molar-refractivity contribution is 6.02. The Bertz CT molecular complexity index is 1880. The number of aliphatic hydroxyl groups is 2. The third-order valence-electron chi connectivity index (χ3n) is 12.8. The number of hydrogen-bond donors (Lipinski definition) is 4. The van der Waals surface area contributed by atoms with E-state index >= 15 is 0 Å². The number of hydroxylamine groups is 2. The molecule has 3 aromatic carbocycles. The predicted molar refractivity (Wildman–Crippen MR) is 216 cm³/mol. The summed E-state index contributed by atoms with van der Waals surface area (Å²) in [5.74, 6) is 0.501. The van der Waals surface area contributed by atoms with Crippen molar-refractivity contribution in [2.45, 2.75) is 90.8 Å². The van der Waals surface area contributed by atoms with Gasteiger partial charge in [0.05, 0.1) is 26.4 Å². The average Bonchev–Trinajstić information content (AvgIpc) is 3.53. The molecule has 9 atom stereocenters. The average molecular weight is 769 g/mol. The van der Waals surface area contributed by atoms with Gasteiger partial charge in [-0.05, 0) is 99.7 Å². The van der Waals surface area contributed by atoms with Crippen molar-refractivity contribution in [3.8, 4) is 16.9 Å². The van der Waals surface area contributed by atoms with Crippen LogP contribution in [0.4, 0.5) is 0 Å². The first-order valence-corrected chi connectivity index (χ1v) is 20.0. The van der Waals surface area contributed by atoms with Gasteiger partial charge in [-0.3, -0.25) is 19.2 Å². The molecule has 11 heteroatoms. The molecule has 2 amide bonds. The van der Waals surface area contributed by atoms with Gasteiger partial charge >= 0.3 is 0 Å². The number of ether oxygens (including phenoxy) is 1. The number of amides is 2. The van der Waals surface area contributed by atoms with Gasteiger partial charge in [0.2, 0.25) is 5.91 Å². The molecule has 1 aliphatic heterocycles. The Morgan fingerprint density at radius 2 is 1.75 bits per heavy atom. The summed E-state index contributed by atoms with van der Waals surface area (Å²) in [5, 5.41) is 29.4. The van der Waals surface area contributed by atoms with Gasteiger partial charge in [0.1, 0.15) is 17.9 Å². The molecule has 0 aromatic heterocycles. The number of fused-ring (bicyclic) bond motifs is 2. The summed E-state index contributed by atoms with van der Waals surface area (Å²) < 4.78 is 6.04. The zero-order chi connectivity index (χ0) is 40.5. The molecular formula is C45H60N4O7. The van der Waals surface area contributed by atoms with E-state index in [0.717, 1.165) is 12.0 Å². The van der Waals surface area contributed by atoms with E-state index in [4.69, 9.17) is 9.57 Å². The maximum absolute atomic E-state index is 14.3. The second kappa shape index (κ2) is 17.2. The molecule has 1 heterocycles. The van der Waals surface area contributed by atoms with Gasteiger partial charge in [0.15, 0.2) is 5.78 Å². The number of carbonyl (C=O) groups is 3. The fourth-order valence-electron chi connectivity index (χ4n) is 9.72. The Morgan fingerprint density at radius 1 is 1.04 bits per heavy atom. The summed E-state index contributed by atoms with van der Waals surface area (Å²) >= 11 is 0. The minimum absolute atomic E-state index is 0.0123. The van der Waals surface area contributed by atoms with Crippen LogP contribution in [-0.4, -0.2) is 102 Å². The molecule has 4 aliphatic rings. The zero-order valence-corrected chi connectivity index (χ0v) is 34.1. The minimum Gasteiger partial charge on any atom is -0.496 e. The van der Waals surface area contributed by atoms with Gasteiger partial charge in [0, 0.05) is 46.8 Å². The fraction of sp³-hybridized carbons (Fsp3) is 0.533. The lowest BCUT2D eigenvalue weighted by molar-refractivity contribution is -0.183. The van der Waals surface area contributed by atoms with Gasteiger partial charge in [-0.2, -0.15) is 5.06 Å². The van der Waals surface area contributed by atoms with Crippen LogP contribution in [0.25, 0.3) is 11.1 Å². The van der Waals surface area contributed by atoms with E-state index in [2.05, 4.69) is 31.4 Å². The van der Waals surface area contributed by atoms with Crippen molar-refractivity contribution in [2.75, 3.05) is 34.4 Å². The van der Waals surface area contributed by atoms with Gasteiger partial charge in [-0.15, -0.1) is 0 Å². The van der Waals surface area contributed by atoms with Gasteiger partial charge < -0.3 is 30.5 Å². The van der Waals surface area contributed by atoms with Crippen LogP contribution in [-0.2, 0) is 22.6 Å². The van der Waals surface area contributed by atoms with Crippen LogP contribution in [0.5, 0.6) is 5.75 Å². The highest BCUT2D eigenvalue weighted by atomic mass is 16.7. The van der Waals surface area contributed by atoms with Gasteiger partial charge in [0.25, 0.3) is 5.91 Å². The third-order valence-corrected chi connectivity index (χ3v) is 12.8. The lowest BCUT2D eigenvalue weighted by atomic mass is 9.45. The number of nitrogens with one attached hydrogen (secondary N) is 2. The number of para-hydroxylation sites is 1. The Balaban J connectivity index is 1.28. The molecule has 3 saturated carbocycles. The molecule has 302 valence electrons. The minimum atomic E-state index is -0.929. The summed E-state index contributed by atoms with van der Waals surface area (Å²) in [6, 6.07) is 19.7. The number of ketones is 1. The van der Waals surface area contributed by atoms with E-state index in [1.165, 1.54) is 13.3 Å². The molecule has 0 spiro atoms. The van der Waals surface area contributed by atoms with Crippen LogP contribution in [0, 0.1) is 29.1 Å². The summed E-state index contributed by atoms with van der Waals surface area (Å²) in [6.07, 6.45) is 1.02. The number of benzene rings is 3. The van der Waals surface area contributed by atoms with E-state index in [1.807, 2.05) is 67.5 Å². The molecular weight excluding hydrogens is 709 g/mol. The number of methoxy groups -OCH3 is 1. The summed E-state index contributed by atoms with van der Waals surface area (Å²) in [7, 11) is 5.49. The SMILES string of the molecule is COc1c(CN2O[C@@H](CO)[C@@H]([C@H](C)O)[C@H]2C(=O)N[C@H]2C[C@@H]3C[C@@H]([C@@H]2C)C3(C)C)cccc1-c1cc(C(C)=O)cc(C(=O)N[C@@H](Cc2ccccc2)CN(C)C)c1. The van der Waals surface area contributed by atoms with Gasteiger partial charge in [-0.1, -0.05) is 69.3 Å². The normalized spacial score (nSPS) is 26.6. The van der Waals surface area contributed by atoms with Crippen molar-refractivity contribution in [3.63, 3.8) is 0 Å². The van der Waals surface area contributed by atoms with E-state index in [1.54, 1.807) is 37.3 Å². The van der Waals surface area contributed by atoms with Crippen molar-refractivity contribution < 1.29 is 34.2 Å². The number of likely N-dealkylation sites (N-methyl/N-ethyl adjacent to an activating group) is 1. The van der Waals surface area contributed by atoms with E-state index < -0.39 is 24.2 Å². The second-order valence-electron chi connectivity index (χ2n) is 17.2. The number of nitrogens with zero attached hydrogens (tertiary/aromatic N) is 2. The second-order valence-corrected chi connectivity index (χ2v) is 17.2. The topological polar surface area (TPSA) is 141 Å². The molecule has 3 aliphatic carbocycles. The van der Waals surface area contributed by atoms with Crippen molar-refractivity contribution in [2.24, 2.45) is 29.1 Å². The molecule has 4 fully saturated rings. The van der Waals surface area contributed by atoms with E-state index in [0.29, 0.717) is 64.3 Å². The Hall–Kier alpha value is -4.13. The third kappa shape index (κ3) is 8.57. The van der Waals surface area contributed by atoms with Crippen molar-refractivity contribution in [1.29, 1.82) is 0 Å². The Morgan fingerprint density at radius 3 is 2.36 bits per heavy atom. The molecule has 11 nitrogen and oxygen atoms in total. The number of Topliss-reactive ketones (excluding diaryl/α,β-unsaturated/α-hetero) is 1. The van der Waals surface area contributed by atoms with Crippen LogP contribution in [0.15, 0.2) is 66.7 Å². The largest absolute Gasteiger partial charge is 0.496 e. The summed E-state index contributed by atoms with van der Waals surface area (Å²) in [6.45, 7) is 10.3. The number of aliphatic hydroxyl groups excluding tert-OH is 2. The van der Waals surface area contributed by atoms with Gasteiger partial charge in [-0.25, -0.2) is 0 Å². The number of rotatable bonds is 15. The van der Waals surface area contributed by atoms with E-state index in [9.17, 15) is 24.6 Å². The predicted octanol–water partition coefficient (Wildman–Crippen LogP) is 5.13. The molecule has 7 rings (SSSR count). The smallest absolute Gasteiger partial charge is 0.251 e.